The summed E-state index contributed by atoms with van der Waals surface area (Å²) in [5.74, 6) is -1.40. The van der Waals surface area contributed by atoms with E-state index in [1.54, 1.807) is 0 Å². The van der Waals surface area contributed by atoms with Gasteiger partial charge in [-0.15, -0.1) is 0 Å². The first-order valence-electron chi connectivity index (χ1n) is 5.09. The molecule has 0 fully saturated rings. The van der Waals surface area contributed by atoms with Crippen molar-refractivity contribution in [2.24, 2.45) is 17.2 Å². The standard InChI is InChI=1S/3C2H7NO3S.La/c3*3-1-2-7(4,5)6;/h3*1-3H2,(H,4,5,6);/q;;;+3/p-3. The van der Waals surface area contributed by atoms with Gasteiger partial charge < -0.3 is 30.9 Å². The van der Waals surface area contributed by atoms with E-state index >= 15 is 0 Å². The summed E-state index contributed by atoms with van der Waals surface area (Å²) in [4.78, 5) is 0. The average molecular weight is 511 g/mol. The normalized spacial score (nSPS) is 11.2. The molecule has 0 aromatic heterocycles. The molecule has 12 nitrogen and oxygen atoms in total. The third-order valence-electron chi connectivity index (χ3n) is 1.10. The van der Waals surface area contributed by atoms with E-state index < -0.39 is 47.6 Å². The summed E-state index contributed by atoms with van der Waals surface area (Å²) >= 11 is 0. The van der Waals surface area contributed by atoms with Crippen molar-refractivity contribution in [1.82, 2.24) is 0 Å². The van der Waals surface area contributed by atoms with E-state index in [0.29, 0.717) is 0 Å². The average Bonchev–Trinajstić information content (AvgIpc) is 2.12. The van der Waals surface area contributed by atoms with Gasteiger partial charge in [-0.3, -0.25) is 0 Å². The maximum atomic E-state index is 9.60. The molecule has 0 aliphatic rings. The van der Waals surface area contributed by atoms with Crippen LogP contribution in [0.4, 0.5) is 0 Å². The van der Waals surface area contributed by atoms with Crippen LogP contribution in [0.2, 0.25) is 0 Å². The Morgan fingerprint density at radius 2 is 0.682 bits per heavy atom. The molecule has 0 aliphatic heterocycles. The van der Waals surface area contributed by atoms with E-state index in [9.17, 15) is 38.9 Å². The van der Waals surface area contributed by atoms with Crippen LogP contribution in [0.5, 0.6) is 0 Å². The zero-order chi connectivity index (χ0) is 17.7. The fraction of sp³-hybridized carbons (Fsp3) is 1.00. The molecule has 0 amide bonds. The van der Waals surface area contributed by atoms with E-state index in [1.165, 1.54) is 0 Å². The van der Waals surface area contributed by atoms with Crippen molar-refractivity contribution >= 4 is 30.4 Å². The first-order valence-corrected chi connectivity index (χ1v) is 9.82. The van der Waals surface area contributed by atoms with Crippen LogP contribution in [0.25, 0.3) is 0 Å². The second-order valence-electron chi connectivity index (χ2n) is 3.15. The van der Waals surface area contributed by atoms with Crippen molar-refractivity contribution in [3.05, 3.63) is 0 Å². The van der Waals surface area contributed by atoms with Crippen LogP contribution in [0, 0.1) is 35.6 Å². The maximum Gasteiger partial charge on any atom is 3.00 e. The molecule has 0 spiro atoms. The van der Waals surface area contributed by atoms with Crippen LogP contribution in [-0.2, 0) is 30.4 Å². The number of hydrogen-bond donors (Lipinski definition) is 3. The van der Waals surface area contributed by atoms with Crippen molar-refractivity contribution in [3.8, 4) is 0 Å². The third-order valence-corrected chi connectivity index (χ3v) is 3.31. The maximum absolute atomic E-state index is 9.60. The van der Waals surface area contributed by atoms with Crippen LogP contribution in [0.15, 0.2) is 0 Å². The quantitative estimate of drug-likeness (QED) is 0.285. The van der Waals surface area contributed by atoms with Gasteiger partial charge in [0.15, 0.2) is 0 Å². The number of rotatable bonds is 6. The second-order valence-corrected chi connectivity index (χ2v) is 7.72. The van der Waals surface area contributed by atoms with E-state index in [0.717, 1.165) is 0 Å². The Morgan fingerprint density at radius 3 is 0.682 bits per heavy atom. The topological polar surface area (TPSA) is 250 Å². The summed E-state index contributed by atoms with van der Waals surface area (Å²) in [7, 11) is -12.1. The Kier molecular flexibility index (Phi) is 21.4. The minimum Gasteiger partial charge on any atom is -0.748 e. The summed E-state index contributed by atoms with van der Waals surface area (Å²) in [6.45, 7) is -0.274. The predicted molar refractivity (Wildman–Crippen MR) is 70.9 cm³/mol. The van der Waals surface area contributed by atoms with E-state index in [2.05, 4.69) is 0 Å². The molecular weight excluding hydrogens is 493 g/mol. The van der Waals surface area contributed by atoms with Crippen LogP contribution in [0.3, 0.4) is 0 Å². The molecule has 16 heteroatoms. The van der Waals surface area contributed by atoms with Gasteiger partial charge in [0, 0.05) is 19.6 Å². The Hall–Kier alpha value is 0.805. The zero-order valence-corrected chi connectivity index (χ0v) is 17.5. The molecule has 0 aliphatic carbocycles. The summed E-state index contributed by atoms with van der Waals surface area (Å²) < 4.78 is 86.4. The van der Waals surface area contributed by atoms with E-state index in [4.69, 9.17) is 17.2 Å². The first-order chi connectivity index (χ1) is 9.18. The van der Waals surface area contributed by atoms with Crippen molar-refractivity contribution in [2.75, 3.05) is 36.9 Å². The van der Waals surface area contributed by atoms with E-state index in [1.807, 2.05) is 0 Å². The Morgan fingerprint density at radius 1 is 0.545 bits per heavy atom. The van der Waals surface area contributed by atoms with Gasteiger partial charge in [-0.25, -0.2) is 25.3 Å². The molecule has 0 rings (SSSR count). The number of nitrogens with two attached hydrogens (primary N) is 3. The summed E-state index contributed by atoms with van der Waals surface area (Å²) in [5, 5.41) is 0. The minimum absolute atomic E-state index is 0. The fourth-order valence-corrected chi connectivity index (χ4v) is 1.30. The van der Waals surface area contributed by atoms with Gasteiger partial charge in [0.05, 0.1) is 47.6 Å². The largest absolute Gasteiger partial charge is 3.00 e. The summed E-state index contributed by atoms with van der Waals surface area (Å²) in [6, 6.07) is 0. The van der Waals surface area contributed by atoms with Gasteiger partial charge in [0.25, 0.3) is 0 Å². The Bertz CT molecular complexity index is 464. The molecule has 0 bridgehead atoms. The SMILES string of the molecule is NCCS(=O)(=O)[O-].NCCS(=O)(=O)[O-].NCCS(=O)(=O)[O-].[La+3]. The van der Waals surface area contributed by atoms with Crippen molar-refractivity contribution < 1.29 is 74.5 Å². The molecule has 6 N–H and O–H groups in total. The van der Waals surface area contributed by atoms with Gasteiger partial charge >= 0.3 is 35.6 Å². The summed E-state index contributed by atoms with van der Waals surface area (Å²) in [5.41, 5.74) is 14.2. The smallest absolute Gasteiger partial charge is 0.748 e. The van der Waals surface area contributed by atoms with Gasteiger partial charge in [0.1, 0.15) is 0 Å². The molecule has 0 radical (unpaired) electrons. The summed E-state index contributed by atoms with van der Waals surface area (Å²) in [6.07, 6.45) is 0. The van der Waals surface area contributed by atoms with E-state index in [-0.39, 0.29) is 55.2 Å². The number of hydrogen-bond acceptors (Lipinski definition) is 12. The molecule has 0 aromatic rings. The van der Waals surface area contributed by atoms with Crippen molar-refractivity contribution in [2.45, 2.75) is 0 Å². The third kappa shape index (κ3) is 49.8. The van der Waals surface area contributed by atoms with Crippen LogP contribution in [-0.4, -0.2) is 75.8 Å². The molecule has 132 valence electrons. The molecule has 22 heavy (non-hydrogen) atoms. The molecular formula is C6H18LaN3O9S3. The first kappa shape index (κ1) is 30.7. The van der Waals surface area contributed by atoms with Crippen LogP contribution < -0.4 is 17.2 Å². The minimum atomic E-state index is -4.05. The molecule has 0 saturated carbocycles. The monoisotopic (exact) mass is 511 g/mol. The van der Waals surface area contributed by atoms with Gasteiger partial charge in [-0.2, -0.15) is 0 Å². The van der Waals surface area contributed by atoms with Gasteiger partial charge in [0.2, 0.25) is 0 Å². The van der Waals surface area contributed by atoms with Gasteiger partial charge in [-0.05, 0) is 0 Å². The van der Waals surface area contributed by atoms with Crippen LogP contribution in [0.1, 0.15) is 0 Å². The van der Waals surface area contributed by atoms with Gasteiger partial charge in [-0.1, -0.05) is 0 Å². The van der Waals surface area contributed by atoms with Crippen molar-refractivity contribution in [1.29, 1.82) is 0 Å². The molecule has 0 aromatic carbocycles. The molecule has 0 saturated heterocycles. The van der Waals surface area contributed by atoms with Crippen LogP contribution >= 0.6 is 0 Å². The predicted octanol–water partition coefficient (Wildman–Crippen LogP) is -4.53. The zero-order valence-electron chi connectivity index (χ0n) is 11.5. The van der Waals surface area contributed by atoms with Crippen molar-refractivity contribution in [3.63, 3.8) is 0 Å². The fourth-order valence-electron chi connectivity index (χ4n) is 0.433. The molecule has 0 unspecified atom stereocenters. The molecule has 0 atom stereocenters. The Balaban J connectivity index is -0.000000108. The second kappa shape index (κ2) is 15.3. The molecule has 0 heterocycles. The Labute approximate surface area is 158 Å².